The van der Waals surface area contributed by atoms with Crippen LogP contribution in [0, 0.1) is 10.1 Å². The predicted octanol–water partition coefficient (Wildman–Crippen LogP) is 4.59. The van der Waals surface area contributed by atoms with Crippen molar-refractivity contribution in [1.82, 2.24) is 24.7 Å². The summed E-state index contributed by atoms with van der Waals surface area (Å²) in [6.45, 7) is 0. The molecule has 0 aliphatic carbocycles. The lowest BCUT2D eigenvalue weighted by molar-refractivity contribution is -0.384. The minimum Gasteiger partial charge on any atom is -0.315 e. The Balaban J connectivity index is 1.44. The van der Waals surface area contributed by atoms with Gasteiger partial charge in [0.05, 0.1) is 27.9 Å². The molecule has 5 aromatic rings. The van der Waals surface area contributed by atoms with Gasteiger partial charge in [-0.1, -0.05) is 18.2 Å². The van der Waals surface area contributed by atoms with Gasteiger partial charge in [-0.25, -0.2) is 19.6 Å². The second kappa shape index (κ2) is 7.33. The van der Waals surface area contributed by atoms with Crippen molar-refractivity contribution in [2.24, 2.45) is 0 Å². The van der Waals surface area contributed by atoms with Gasteiger partial charge in [0, 0.05) is 23.1 Å². The fourth-order valence-corrected chi connectivity index (χ4v) is 3.74. The number of aromatic nitrogens is 5. The van der Waals surface area contributed by atoms with Gasteiger partial charge in [-0.15, -0.1) is 11.3 Å². The average Bonchev–Trinajstić information content (AvgIpc) is 3.42. The van der Waals surface area contributed by atoms with Gasteiger partial charge >= 0.3 is 0 Å². The van der Waals surface area contributed by atoms with Gasteiger partial charge in [0.2, 0.25) is 0 Å². The minimum atomic E-state index is -0.423. The average molecular weight is 415 g/mol. The summed E-state index contributed by atoms with van der Waals surface area (Å²) in [6.07, 6.45) is 3.20. The van der Waals surface area contributed by atoms with Crippen molar-refractivity contribution < 1.29 is 4.92 Å². The van der Waals surface area contributed by atoms with Crippen molar-refractivity contribution in [3.63, 3.8) is 0 Å². The maximum atomic E-state index is 10.8. The van der Waals surface area contributed by atoms with Gasteiger partial charge in [0.1, 0.15) is 12.1 Å². The van der Waals surface area contributed by atoms with Crippen LogP contribution in [0.1, 0.15) is 0 Å². The number of rotatable bonds is 5. The van der Waals surface area contributed by atoms with E-state index in [9.17, 15) is 10.1 Å². The Hall–Kier alpha value is -4.18. The predicted molar refractivity (Wildman–Crippen MR) is 114 cm³/mol. The van der Waals surface area contributed by atoms with E-state index in [0.717, 1.165) is 22.3 Å². The number of nitrogens with zero attached hydrogens (tertiary/aromatic N) is 6. The molecule has 9 nitrogen and oxygen atoms in total. The molecule has 2 aromatic carbocycles. The van der Waals surface area contributed by atoms with E-state index in [1.165, 1.54) is 29.8 Å². The first kappa shape index (κ1) is 17.9. The Labute approximate surface area is 173 Å². The number of non-ortho nitro benzene ring substituents is 1. The van der Waals surface area contributed by atoms with Crippen LogP contribution >= 0.6 is 11.3 Å². The van der Waals surface area contributed by atoms with Gasteiger partial charge in [-0.3, -0.25) is 10.1 Å². The second-order valence-corrected chi connectivity index (χ2v) is 7.18. The van der Waals surface area contributed by atoms with Crippen LogP contribution < -0.4 is 5.32 Å². The Morgan fingerprint density at radius 1 is 1.03 bits per heavy atom. The number of anilines is 2. The molecule has 0 spiro atoms. The van der Waals surface area contributed by atoms with Crippen LogP contribution in [-0.2, 0) is 0 Å². The van der Waals surface area contributed by atoms with E-state index in [-0.39, 0.29) is 5.69 Å². The molecule has 0 atom stereocenters. The molecule has 0 saturated carbocycles. The lowest BCUT2D eigenvalue weighted by Crippen LogP contribution is -1.99. The molecule has 0 unspecified atom stereocenters. The topological polar surface area (TPSA) is 112 Å². The van der Waals surface area contributed by atoms with Crippen molar-refractivity contribution in [2.75, 3.05) is 5.32 Å². The number of thiazole rings is 1. The van der Waals surface area contributed by atoms with Crippen LogP contribution in [0.5, 0.6) is 0 Å². The third-order valence-corrected chi connectivity index (χ3v) is 5.23. The lowest BCUT2D eigenvalue weighted by atomic mass is 10.1. The fraction of sp³-hybridized carbons (Fsp3) is 0. The number of fused-ring (bicyclic) bond motifs is 1. The molecule has 146 valence electrons. The van der Waals surface area contributed by atoms with Gasteiger partial charge in [-0.05, 0) is 24.3 Å². The third-order valence-electron chi connectivity index (χ3n) is 4.47. The van der Waals surface area contributed by atoms with E-state index in [1.807, 2.05) is 35.7 Å². The summed E-state index contributed by atoms with van der Waals surface area (Å²) in [5, 5.41) is 21.8. The highest BCUT2D eigenvalue weighted by Gasteiger charge is 2.13. The van der Waals surface area contributed by atoms with Crippen molar-refractivity contribution in [3.8, 4) is 16.9 Å². The molecule has 0 fully saturated rings. The lowest BCUT2D eigenvalue weighted by Gasteiger charge is -2.04. The monoisotopic (exact) mass is 415 g/mol. The number of benzene rings is 2. The first-order chi connectivity index (χ1) is 14.7. The van der Waals surface area contributed by atoms with Gasteiger partial charge in [0.25, 0.3) is 5.69 Å². The summed E-state index contributed by atoms with van der Waals surface area (Å²) in [4.78, 5) is 23.7. The summed E-state index contributed by atoms with van der Waals surface area (Å²) in [5.41, 5.74) is 3.17. The maximum Gasteiger partial charge on any atom is 0.269 e. The number of para-hydroxylation sites is 1. The molecular formula is C20H13N7O2S. The number of nitro benzene ring substituents is 1. The molecular weight excluding hydrogens is 402 g/mol. The molecule has 0 amide bonds. The Morgan fingerprint density at radius 3 is 2.60 bits per heavy atom. The van der Waals surface area contributed by atoms with E-state index in [4.69, 9.17) is 0 Å². The molecule has 0 aliphatic rings. The SMILES string of the molecule is O=[N+]([O-])c1ccc(-c2csc(Nc3ncnc4c3cnn4-c3ccccc3)n2)cc1. The molecule has 1 N–H and O–H groups in total. The highest BCUT2D eigenvalue weighted by atomic mass is 32.1. The van der Waals surface area contributed by atoms with Crippen LogP contribution in [0.2, 0.25) is 0 Å². The first-order valence-corrected chi connectivity index (χ1v) is 9.78. The standard InChI is InChI=1S/C20H13N7O2S/c28-27(29)15-8-6-13(7-9-15)17-11-30-20(24-17)25-18-16-10-23-26(19(16)22-12-21-18)14-4-2-1-3-5-14/h1-12H,(H,21,22,24,25). The summed E-state index contributed by atoms with van der Waals surface area (Å²) in [6, 6.07) is 16.0. The van der Waals surface area contributed by atoms with Crippen LogP contribution in [0.15, 0.2) is 72.5 Å². The van der Waals surface area contributed by atoms with E-state index in [0.29, 0.717) is 16.6 Å². The van der Waals surface area contributed by atoms with Gasteiger partial charge in [-0.2, -0.15) is 5.10 Å². The summed E-state index contributed by atoms with van der Waals surface area (Å²) in [7, 11) is 0. The smallest absolute Gasteiger partial charge is 0.269 e. The zero-order chi connectivity index (χ0) is 20.5. The normalized spacial score (nSPS) is 10.9. The first-order valence-electron chi connectivity index (χ1n) is 8.90. The number of hydrogen-bond donors (Lipinski definition) is 1. The van der Waals surface area contributed by atoms with Crippen LogP contribution in [0.4, 0.5) is 16.6 Å². The van der Waals surface area contributed by atoms with Crippen molar-refractivity contribution in [3.05, 3.63) is 82.6 Å². The largest absolute Gasteiger partial charge is 0.315 e. The molecule has 3 aromatic heterocycles. The van der Waals surface area contributed by atoms with Gasteiger partial charge < -0.3 is 5.32 Å². The zero-order valence-corrected chi connectivity index (χ0v) is 16.2. The Bertz CT molecular complexity index is 1350. The number of nitro groups is 1. The molecule has 30 heavy (non-hydrogen) atoms. The van der Waals surface area contributed by atoms with E-state index >= 15 is 0 Å². The highest BCUT2D eigenvalue weighted by Crippen LogP contribution is 2.30. The van der Waals surface area contributed by atoms with Crippen molar-refractivity contribution in [2.45, 2.75) is 0 Å². The summed E-state index contributed by atoms with van der Waals surface area (Å²) < 4.78 is 1.76. The molecule has 5 rings (SSSR count). The molecule has 10 heteroatoms. The molecule has 0 radical (unpaired) electrons. The highest BCUT2D eigenvalue weighted by molar-refractivity contribution is 7.14. The molecule has 0 bridgehead atoms. The summed E-state index contributed by atoms with van der Waals surface area (Å²) >= 11 is 1.42. The zero-order valence-electron chi connectivity index (χ0n) is 15.3. The molecule has 0 aliphatic heterocycles. The third kappa shape index (κ3) is 3.25. The molecule has 0 saturated heterocycles. The van der Waals surface area contributed by atoms with Crippen LogP contribution in [-0.4, -0.2) is 29.7 Å². The van der Waals surface area contributed by atoms with Gasteiger partial charge in [0.15, 0.2) is 10.8 Å². The fourth-order valence-electron chi connectivity index (χ4n) is 3.02. The van der Waals surface area contributed by atoms with E-state index in [2.05, 4.69) is 25.4 Å². The number of hydrogen-bond acceptors (Lipinski definition) is 8. The Kier molecular flexibility index (Phi) is 4.37. The Morgan fingerprint density at radius 2 is 1.83 bits per heavy atom. The van der Waals surface area contributed by atoms with Crippen LogP contribution in [0.3, 0.4) is 0 Å². The second-order valence-electron chi connectivity index (χ2n) is 6.32. The molecule has 3 heterocycles. The van der Waals surface area contributed by atoms with Crippen molar-refractivity contribution in [1.29, 1.82) is 0 Å². The minimum absolute atomic E-state index is 0.0473. The van der Waals surface area contributed by atoms with E-state index in [1.54, 1.807) is 23.0 Å². The van der Waals surface area contributed by atoms with Crippen LogP contribution in [0.25, 0.3) is 28.0 Å². The number of nitrogens with one attached hydrogen (secondary N) is 1. The van der Waals surface area contributed by atoms with Crippen molar-refractivity contribution >= 4 is 39.0 Å². The maximum absolute atomic E-state index is 10.8. The van der Waals surface area contributed by atoms with E-state index < -0.39 is 4.92 Å². The quantitative estimate of drug-likeness (QED) is 0.330. The summed E-state index contributed by atoms with van der Waals surface area (Å²) in [5.74, 6) is 0.604.